The van der Waals surface area contributed by atoms with E-state index in [9.17, 15) is 14.0 Å². The molecule has 2 aromatic carbocycles. The fourth-order valence-electron chi connectivity index (χ4n) is 2.40. The van der Waals surface area contributed by atoms with Gasteiger partial charge in [0.05, 0.1) is 6.61 Å². The summed E-state index contributed by atoms with van der Waals surface area (Å²) in [6, 6.07) is 13.3. The molecule has 2 rings (SSSR count). The number of carbonyl (C=O) groups is 2. The first-order valence-electron chi connectivity index (χ1n) is 8.44. The molecule has 0 aliphatic carbocycles. The highest BCUT2D eigenvalue weighted by molar-refractivity contribution is 5.92. The molecule has 26 heavy (non-hydrogen) atoms. The summed E-state index contributed by atoms with van der Waals surface area (Å²) in [5, 5.41) is 11.4. The van der Waals surface area contributed by atoms with Crippen LogP contribution in [0, 0.1) is 11.7 Å². The van der Waals surface area contributed by atoms with Gasteiger partial charge in [-0.3, -0.25) is 9.59 Å². The smallest absolute Gasteiger partial charge is 0.303 e. The lowest BCUT2D eigenvalue weighted by Crippen LogP contribution is -2.22. The van der Waals surface area contributed by atoms with Crippen molar-refractivity contribution < 1.29 is 23.8 Å². The fourth-order valence-corrected chi connectivity index (χ4v) is 2.40. The van der Waals surface area contributed by atoms with Gasteiger partial charge in [-0.15, -0.1) is 0 Å². The zero-order valence-corrected chi connectivity index (χ0v) is 14.6. The molecule has 0 heterocycles. The van der Waals surface area contributed by atoms with Gasteiger partial charge in [-0.2, -0.15) is 0 Å². The highest BCUT2D eigenvalue weighted by atomic mass is 19.1. The number of carboxylic acids is 1. The van der Waals surface area contributed by atoms with Crippen molar-refractivity contribution >= 4 is 17.6 Å². The summed E-state index contributed by atoms with van der Waals surface area (Å²) < 4.78 is 19.1. The van der Waals surface area contributed by atoms with Gasteiger partial charge < -0.3 is 15.2 Å². The van der Waals surface area contributed by atoms with E-state index in [2.05, 4.69) is 5.32 Å². The maximum Gasteiger partial charge on any atom is 0.303 e. The van der Waals surface area contributed by atoms with E-state index in [1.807, 2.05) is 0 Å². The lowest BCUT2D eigenvalue weighted by Gasteiger charge is -2.13. The second kappa shape index (κ2) is 9.56. The van der Waals surface area contributed by atoms with Gasteiger partial charge >= 0.3 is 5.97 Å². The van der Waals surface area contributed by atoms with Gasteiger partial charge in [-0.25, -0.2) is 4.39 Å². The third-order valence-corrected chi connectivity index (χ3v) is 3.86. The van der Waals surface area contributed by atoms with E-state index in [1.54, 1.807) is 49.4 Å². The summed E-state index contributed by atoms with van der Waals surface area (Å²) in [4.78, 5) is 22.7. The molecular weight excluding hydrogens is 337 g/mol. The quantitative estimate of drug-likeness (QED) is 0.666. The van der Waals surface area contributed by atoms with E-state index in [4.69, 9.17) is 9.84 Å². The average Bonchev–Trinajstić information content (AvgIpc) is 2.61. The molecule has 0 saturated carbocycles. The van der Waals surface area contributed by atoms with Crippen LogP contribution in [0.5, 0.6) is 5.75 Å². The Hall–Kier alpha value is -2.89. The number of carboxylic acid groups (broad SMARTS) is 1. The first-order chi connectivity index (χ1) is 12.5. The molecule has 0 aliphatic heterocycles. The van der Waals surface area contributed by atoms with Crippen LogP contribution in [0.3, 0.4) is 0 Å². The minimum atomic E-state index is -0.851. The van der Waals surface area contributed by atoms with E-state index < -0.39 is 5.97 Å². The Morgan fingerprint density at radius 3 is 2.50 bits per heavy atom. The largest absolute Gasteiger partial charge is 0.494 e. The van der Waals surface area contributed by atoms with Crippen molar-refractivity contribution in [2.24, 2.45) is 5.92 Å². The van der Waals surface area contributed by atoms with Crippen LogP contribution < -0.4 is 10.1 Å². The number of anilines is 1. The normalized spacial score (nSPS) is 11.6. The Balaban J connectivity index is 1.83. The zero-order chi connectivity index (χ0) is 18.9. The van der Waals surface area contributed by atoms with Crippen molar-refractivity contribution in [1.29, 1.82) is 0 Å². The van der Waals surface area contributed by atoms with E-state index in [-0.39, 0.29) is 24.1 Å². The standard InChI is InChI=1S/C20H22FNO4/c1-14(13-15-5-2-3-6-18(15)21)20(25)22-16-8-10-17(11-9-16)26-12-4-7-19(23)24/h2-3,5-6,8-11,14H,4,7,12-13H2,1H3,(H,22,25)(H,23,24). The molecule has 1 amide bonds. The molecule has 5 nitrogen and oxygen atoms in total. The minimum Gasteiger partial charge on any atom is -0.494 e. The summed E-state index contributed by atoms with van der Waals surface area (Å²) in [5.41, 5.74) is 1.13. The van der Waals surface area contributed by atoms with Gasteiger partial charge in [0, 0.05) is 18.0 Å². The zero-order valence-electron chi connectivity index (χ0n) is 14.6. The fraction of sp³-hybridized carbons (Fsp3) is 0.300. The Morgan fingerprint density at radius 1 is 1.15 bits per heavy atom. The van der Waals surface area contributed by atoms with Crippen LogP contribution in [0.1, 0.15) is 25.3 Å². The van der Waals surface area contributed by atoms with Crippen molar-refractivity contribution in [2.75, 3.05) is 11.9 Å². The van der Waals surface area contributed by atoms with Gasteiger partial charge in [-0.1, -0.05) is 25.1 Å². The van der Waals surface area contributed by atoms with Gasteiger partial charge in [0.2, 0.25) is 5.91 Å². The molecule has 0 fully saturated rings. The Morgan fingerprint density at radius 2 is 1.85 bits per heavy atom. The molecule has 138 valence electrons. The molecule has 0 bridgehead atoms. The van der Waals surface area contributed by atoms with Crippen LogP contribution in [0.2, 0.25) is 0 Å². The third kappa shape index (κ3) is 6.20. The van der Waals surface area contributed by atoms with Crippen molar-refractivity contribution in [1.82, 2.24) is 0 Å². The number of benzene rings is 2. The molecule has 0 radical (unpaired) electrons. The number of ether oxygens (including phenoxy) is 1. The van der Waals surface area contributed by atoms with Crippen LogP contribution in [0.4, 0.5) is 10.1 Å². The summed E-state index contributed by atoms with van der Waals surface area (Å²) >= 11 is 0. The second-order valence-corrected chi connectivity index (χ2v) is 6.06. The molecule has 0 saturated heterocycles. The predicted octanol–water partition coefficient (Wildman–Crippen LogP) is 3.89. The monoisotopic (exact) mass is 359 g/mol. The van der Waals surface area contributed by atoms with E-state index in [1.165, 1.54) is 6.07 Å². The van der Waals surface area contributed by atoms with Gasteiger partial charge in [-0.05, 0) is 48.7 Å². The number of rotatable bonds is 9. The van der Waals surface area contributed by atoms with Crippen molar-refractivity contribution in [3.05, 3.63) is 59.9 Å². The van der Waals surface area contributed by atoms with Crippen LogP contribution in [-0.4, -0.2) is 23.6 Å². The lowest BCUT2D eigenvalue weighted by molar-refractivity contribution is -0.137. The van der Waals surface area contributed by atoms with Gasteiger partial charge in [0.1, 0.15) is 11.6 Å². The summed E-state index contributed by atoms with van der Waals surface area (Å²) in [6.45, 7) is 2.07. The lowest BCUT2D eigenvalue weighted by atomic mass is 10.00. The molecule has 2 aromatic rings. The summed E-state index contributed by atoms with van der Waals surface area (Å²) in [6.07, 6.45) is 0.818. The predicted molar refractivity (Wildman–Crippen MR) is 96.7 cm³/mol. The molecule has 6 heteroatoms. The number of hydrogen-bond acceptors (Lipinski definition) is 3. The van der Waals surface area contributed by atoms with Crippen LogP contribution >= 0.6 is 0 Å². The average molecular weight is 359 g/mol. The summed E-state index contributed by atoms with van der Waals surface area (Å²) in [5.74, 6) is -1.12. The SMILES string of the molecule is CC(Cc1ccccc1F)C(=O)Nc1ccc(OCCCC(=O)O)cc1. The highest BCUT2D eigenvalue weighted by Gasteiger charge is 2.15. The second-order valence-electron chi connectivity index (χ2n) is 6.06. The Labute approximate surface area is 151 Å². The maximum absolute atomic E-state index is 13.7. The van der Waals surface area contributed by atoms with E-state index in [0.717, 1.165) is 0 Å². The number of nitrogens with one attached hydrogen (secondary N) is 1. The van der Waals surface area contributed by atoms with Gasteiger partial charge in [0.15, 0.2) is 0 Å². The van der Waals surface area contributed by atoms with Crippen LogP contribution in [0.15, 0.2) is 48.5 Å². The number of hydrogen-bond donors (Lipinski definition) is 2. The number of amides is 1. The third-order valence-electron chi connectivity index (χ3n) is 3.86. The van der Waals surface area contributed by atoms with E-state index >= 15 is 0 Å². The summed E-state index contributed by atoms with van der Waals surface area (Å²) in [7, 11) is 0. The topological polar surface area (TPSA) is 75.6 Å². The van der Waals surface area contributed by atoms with E-state index in [0.29, 0.717) is 36.4 Å². The van der Waals surface area contributed by atoms with Crippen LogP contribution in [-0.2, 0) is 16.0 Å². The molecule has 0 spiro atoms. The molecule has 1 unspecified atom stereocenters. The number of aliphatic carboxylic acids is 1. The molecule has 0 aliphatic rings. The first-order valence-corrected chi connectivity index (χ1v) is 8.44. The van der Waals surface area contributed by atoms with Crippen molar-refractivity contribution in [3.63, 3.8) is 0 Å². The molecule has 1 atom stereocenters. The molecule has 0 aromatic heterocycles. The number of carbonyl (C=O) groups excluding carboxylic acids is 1. The highest BCUT2D eigenvalue weighted by Crippen LogP contribution is 2.18. The minimum absolute atomic E-state index is 0.0635. The van der Waals surface area contributed by atoms with Crippen LogP contribution in [0.25, 0.3) is 0 Å². The maximum atomic E-state index is 13.7. The molecule has 2 N–H and O–H groups in total. The Kier molecular flexibility index (Phi) is 7.14. The number of halogens is 1. The molecular formula is C20H22FNO4. The van der Waals surface area contributed by atoms with Gasteiger partial charge in [0.25, 0.3) is 0 Å². The first kappa shape index (κ1) is 19.4. The Bertz CT molecular complexity index is 746. The van der Waals surface area contributed by atoms with Crippen molar-refractivity contribution in [2.45, 2.75) is 26.2 Å². The van der Waals surface area contributed by atoms with Crippen molar-refractivity contribution in [3.8, 4) is 5.75 Å².